The summed E-state index contributed by atoms with van der Waals surface area (Å²) in [4.78, 5) is 22.2. The maximum atomic E-state index is 11.3. The van der Waals surface area contributed by atoms with Crippen LogP contribution in [0.15, 0.2) is 18.2 Å². The highest BCUT2D eigenvalue weighted by atomic mass is 16.5. The van der Waals surface area contributed by atoms with Crippen molar-refractivity contribution in [2.24, 2.45) is 0 Å². The molecule has 0 saturated heterocycles. The van der Waals surface area contributed by atoms with Gasteiger partial charge < -0.3 is 10.1 Å². The molecule has 1 aromatic carbocycles. The Balaban J connectivity index is 3.13. The molecule has 0 spiro atoms. The van der Waals surface area contributed by atoms with Gasteiger partial charge in [0.25, 0.3) is 0 Å². The fraction of sp³-hybridized carbons (Fsp3) is 0.200. The number of esters is 1. The summed E-state index contributed by atoms with van der Waals surface area (Å²) in [6.45, 7) is 1.35. The second-order valence-electron chi connectivity index (χ2n) is 2.98. The van der Waals surface area contributed by atoms with E-state index >= 15 is 0 Å². The molecule has 76 valence electrons. The van der Waals surface area contributed by atoms with Crippen LogP contribution in [-0.2, 0) is 9.53 Å². The summed E-state index contributed by atoms with van der Waals surface area (Å²) in [5, 5.41) is 2.51. The van der Waals surface area contributed by atoms with Crippen molar-refractivity contribution in [3.63, 3.8) is 0 Å². The molecule has 0 aromatic heterocycles. The number of hydrogen-bond donors (Lipinski definition) is 1. The van der Waals surface area contributed by atoms with Crippen LogP contribution in [0.3, 0.4) is 0 Å². The lowest BCUT2D eigenvalue weighted by molar-refractivity contribution is -0.114. The van der Waals surface area contributed by atoms with E-state index in [0.717, 1.165) is 0 Å². The van der Waals surface area contributed by atoms with E-state index in [1.807, 2.05) is 0 Å². The normalized spacial score (nSPS) is 9.47. The number of hydrogen-bond acceptors (Lipinski definition) is 3. The molecule has 0 heterocycles. The van der Waals surface area contributed by atoms with E-state index < -0.39 is 5.97 Å². The van der Waals surface area contributed by atoms with E-state index in [1.165, 1.54) is 26.2 Å². The molecule has 5 heteroatoms. The highest BCUT2D eigenvalue weighted by Gasteiger charge is 2.12. The number of carbonyl (C=O) groups excluding carboxylic acids is 2. The van der Waals surface area contributed by atoms with E-state index in [-0.39, 0.29) is 11.5 Å². The Hall–Kier alpha value is -1.78. The van der Waals surface area contributed by atoms with E-state index in [4.69, 9.17) is 7.85 Å². The number of nitrogens with one attached hydrogen (secondary N) is 1. The Labute approximate surface area is 89.0 Å². The monoisotopic (exact) mass is 203 g/mol. The van der Waals surface area contributed by atoms with Gasteiger partial charge >= 0.3 is 5.97 Å². The van der Waals surface area contributed by atoms with Gasteiger partial charge in [-0.15, -0.1) is 0 Å². The summed E-state index contributed by atoms with van der Waals surface area (Å²) in [6, 6.07) is 4.58. The van der Waals surface area contributed by atoms with Crippen LogP contribution < -0.4 is 10.8 Å². The van der Waals surface area contributed by atoms with Gasteiger partial charge in [0, 0.05) is 6.92 Å². The van der Waals surface area contributed by atoms with Crippen LogP contribution in [0.5, 0.6) is 0 Å². The standard InChI is InChI=1S/C10H10BNO3/c1-6(13)12-9-5-7(11)3-4-8(9)10(14)15-2/h3-5H,1-2H3,(H,12,13). The Morgan fingerprint density at radius 2 is 2.07 bits per heavy atom. The van der Waals surface area contributed by atoms with Crippen LogP contribution >= 0.6 is 0 Å². The number of amides is 1. The van der Waals surface area contributed by atoms with E-state index in [0.29, 0.717) is 11.2 Å². The summed E-state index contributed by atoms with van der Waals surface area (Å²) in [6.07, 6.45) is 0. The predicted octanol–water partition coefficient (Wildman–Crippen LogP) is 0.225. The molecular formula is C10H10BNO3. The molecule has 1 N–H and O–H groups in total. The predicted molar refractivity (Wildman–Crippen MR) is 57.5 cm³/mol. The third-order valence-corrected chi connectivity index (χ3v) is 1.76. The second kappa shape index (κ2) is 4.64. The van der Waals surface area contributed by atoms with Crippen molar-refractivity contribution >= 4 is 30.9 Å². The summed E-state index contributed by atoms with van der Waals surface area (Å²) in [5.41, 5.74) is 1.10. The molecule has 4 nitrogen and oxygen atoms in total. The van der Waals surface area contributed by atoms with Gasteiger partial charge in [-0.1, -0.05) is 11.5 Å². The molecule has 2 radical (unpaired) electrons. The molecule has 0 aliphatic heterocycles. The average molecular weight is 203 g/mol. The zero-order valence-corrected chi connectivity index (χ0v) is 8.53. The minimum absolute atomic E-state index is 0.272. The summed E-state index contributed by atoms with van der Waals surface area (Å²) < 4.78 is 4.57. The van der Waals surface area contributed by atoms with Crippen LogP contribution in [0.1, 0.15) is 17.3 Å². The number of benzene rings is 1. The first-order valence-corrected chi connectivity index (χ1v) is 4.30. The zero-order valence-electron chi connectivity index (χ0n) is 8.53. The largest absolute Gasteiger partial charge is 0.465 e. The molecule has 1 amide bonds. The molecule has 1 aromatic rings. The van der Waals surface area contributed by atoms with Crippen molar-refractivity contribution in [2.45, 2.75) is 6.92 Å². The third kappa shape index (κ3) is 2.84. The van der Waals surface area contributed by atoms with Crippen molar-refractivity contribution in [3.05, 3.63) is 23.8 Å². The SMILES string of the molecule is [B]c1ccc(C(=O)OC)c(NC(C)=O)c1. The minimum Gasteiger partial charge on any atom is -0.465 e. The van der Waals surface area contributed by atoms with E-state index in [1.54, 1.807) is 6.07 Å². The second-order valence-corrected chi connectivity index (χ2v) is 2.98. The summed E-state index contributed by atoms with van der Waals surface area (Å²) >= 11 is 0. The highest BCUT2D eigenvalue weighted by molar-refractivity contribution is 6.33. The number of ether oxygens (including phenoxy) is 1. The maximum Gasteiger partial charge on any atom is 0.339 e. The van der Waals surface area contributed by atoms with Gasteiger partial charge in [0.15, 0.2) is 0 Å². The maximum absolute atomic E-state index is 11.3. The van der Waals surface area contributed by atoms with Gasteiger partial charge in [-0.2, -0.15) is 0 Å². The first-order valence-electron chi connectivity index (χ1n) is 4.30. The van der Waals surface area contributed by atoms with Crippen LogP contribution in [-0.4, -0.2) is 26.8 Å². The van der Waals surface area contributed by atoms with Gasteiger partial charge in [0.1, 0.15) is 7.85 Å². The van der Waals surface area contributed by atoms with Crippen molar-refractivity contribution < 1.29 is 14.3 Å². The van der Waals surface area contributed by atoms with E-state index in [2.05, 4.69) is 10.1 Å². The van der Waals surface area contributed by atoms with Crippen LogP contribution in [0.25, 0.3) is 0 Å². The molecule has 15 heavy (non-hydrogen) atoms. The highest BCUT2D eigenvalue weighted by Crippen LogP contribution is 2.14. The number of methoxy groups -OCH3 is 1. The molecule has 0 aliphatic carbocycles. The molecule has 0 fully saturated rings. The summed E-state index contributed by atoms with van der Waals surface area (Å²) in [7, 11) is 6.82. The molecule has 0 unspecified atom stereocenters. The lowest BCUT2D eigenvalue weighted by atomic mass is 9.94. The smallest absolute Gasteiger partial charge is 0.339 e. The minimum atomic E-state index is -0.515. The molecule has 1 rings (SSSR count). The van der Waals surface area contributed by atoms with E-state index in [9.17, 15) is 9.59 Å². The molecule has 0 aliphatic rings. The fourth-order valence-electron chi connectivity index (χ4n) is 1.14. The fourth-order valence-corrected chi connectivity index (χ4v) is 1.14. The first kappa shape index (κ1) is 11.3. The van der Waals surface area contributed by atoms with Crippen LogP contribution in [0.4, 0.5) is 5.69 Å². The quantitative estimate of drug-likeness (QED) is 0.552. The molecule has 0 atom stereocenters. The van der Waals surface area contributed by atoms with Crippen molar-refractivity contribution in [2.75, 3.05) is 12.4 Å². The molecule has 0 bridgehead atoms. The van der Waals surface area contributed by atoms with Crippen LogP contribution in [0, 0.1) is 0 Å². The van der Waals surface area contributed by atoms with Crippen LogP contribution in [0.2, 0.25) is 0 Å². The number of anilines is 1. The van der Waals surface area contributed by atoms with Gasteiger partial charge in [0.05, 0.1) is 18.4 Å². The lowest BCUT2D eigenvalue weighted by Gasteiger charge is -2.09. The van der Waals surface area contributed by atoms with Gasteiger partial charge in [-0.3, -0.25) is 4.79 Å². The molecule has 0 saturated carbocycles. The first-order chi connectivity index (χ1) is 7.04. The van der Waals surface area contributed by atoms with Crippen molar-refractivity contribution in [3.8, 4) is 0 Å². The topological polar surface area (TPSA) is 55.4 Å². The Morgan fingerprint density at radius 3 is 2.60 bits per heavy atom. The molecular weight excluding hydrogens is 193 g/mol. The Kier molecular flexibility index (Phi) is 3.49. The van der Waals surface area contributed by atoms with Gasteiger partial charge in [-0.05, 0) is 12.1 Å². The lowest BCUT2D eigenvalue weighted by Crippen LogP contribution is -2.15. The van der Waals surface area contributed by atoms with Gasteiger partial charge in [-0.25, -0.2) is 4.79 Å². The number of rotatable bonds is 2. The summed E-state index contributed by atoms with van der Waals surface area (Å²) in [5.74, 6) is -0.787. The average Bonchev–Trinajstić information content (AvgIpc) is 2.16. The van der Waals surface area contributed by atoms with Crippen molar-refractivity contribution in [1.29, 1.82) is 0 Å². The van der Waals surface area contributed by atoms with Crippen molar-refractivity contribution in [1.82, 2.24) is 0 Å². The number of carbonyl (C=O) groups is 2. The zero-order chi connectivity index (χ0) is 11.4. The Morgan fingerprint density at radius 1 is 1.40 bits per heavy atom. The Bertz CT molecular complexity index is 404. The van der Waals surface area contributed by atoms with Gasteiger partial charge in [0.2, 0.25) is 5.91 Å². The third-order valence-electron chi connectivity index (χ3n) is 1.76.